The van der Waals surface area contributed by atoms with Gasteiger partial charge < -0.3 is 0 Å². The van der Waals surface area contributed by atoms with Crippen LogP contribution in [-0.4, -0.2) is 19.9 Å². The zero-order valence-electron chi connectivity index (χ0n) is 20.0. The topological polar surface area (TPSA) is 37.4 Å². The molecule has 4 bridgehead atoms. The van der Waals surface area contributed by atoms with Gasteiger partial charge in [-0.3, -0.25) is 14.5 Å². The van der Waals surface area contributed by atoms with E-state index in [0.717, 1.165) is 18.0 Å². The number of imide groups is 1. The molecule has 2 saturated carbocycles. The number of benzene rings is 1. The van der Waals surface area contributed by atoms with Crippen LogP contribution in [0.5, 0.6) is 0 Å². The summed E-state index contributed by atoms with van der Waals surface area (Å²) in [5.41, 5.74) is 4.39. The maximum absolute atomic E-state index is 14.1. The van der Waals surface area contributed by atoms with Gasteiger partial charge >= 0.3 is 0 Å². The fourth-order valence-electron chi connectivity index (χ4n) is 9.80. The van der Waals surface area contributed by atoms with E-state index < -0.39 is 8.07 Å². The van der Waals surface area contributed by atoms with Gasteiger partial charge in [0.05, 0.1) is 17.5 Å². The molecule has 164 valence electrons. The molecule has 31 heavy (non-hydrogen) atoms. The van der Waals surface area contributed by atoms with Crippen molar-refractivity contribution in [1.29, 1.82) is 0 Å². The Morgan fingerprint density at radius 2 is 1.48 bits per heavy atom. The Bertz CT molecular complexity index is 1070. The highest BCUT2D eigenvalue weighted by molar-refractivity contribution is 6.78. The molecule has 2 amide bonds. The first-order valence-corrected chi connectivity index (χ1v) is 15.6. The summed E-state index contributed by atoms with van der Waals surface area (Å²) < 4.78 is 0. The molecule has 1 saturated heterocycles. The number of rotatable bonds is 2. The molecule has 0 unspecified atom stereocenters. The summed E-state index contributed by atoms with van der Waals surface area (Å²) in [6.07, 6.45) is 2.42. The first-order chi connectivity index (χ1) is 14.4. The third-order valence-electron chi connectivity index (χ3n) is 10.5. The van der Waals surface area contributed by atoms with Crippen LogP contribution < -0.4 is 4.90 Å². The van der Waals surface area contributed by atoms with E-state index in [-0.39, 0.29) is 34.5 Å². The quantitative estimate of drug-likeness (QED) is 0.331. The second kappa shape index (κ2) is 5.44. The lowest BCUT2D eigenvalue weighted by Gasteiger charge is -2.61. The van der Waals surface area contributed by atoms with Gasteiger partial charge in [0.15, 0.2) is 0 Å². The first-order valence-electron chi connectivity index (χ1n) is 12.0. The highest BCUT2D eigenvalue weighted by Crippen LogP contribution is 2.84. The van der Waals surface area contributed by atoms with Crippen molar-refractivity contribution in [2.45, 2.75) is 65.7 Å². The number of para-hydroxylation sites is 1. The van der Waals surface area contributed by atoms with E-state index in [2.05, 4.69) is 47.3 Å². The smallest absolute Gasteiger partial charge is 0.238 e. The van der Waals surface area contributed by atoms with Gasteiger partial charge in [0.1, 0.15) is 0 Å². The van der Waals surface area contributed by atoms with Crippen LogP contribution in [0, 0.1) is 39.9 Å². The Balaban J connectivity index is 1.58. The highest BCUT2D eigenvalue weighted by Gasteiger charge is 2.82. The van der Waals surface area contributed by atoms with Gasteiger partial charge in [0.2, 0.25) is 11.8 Å². The fraction of sp³-hybridized carbons (Fsp3) is 0.630. The second-order valence-corrected chi connectivity index (χ2v) is 18.4. The SMILES string of the molecule is CC1(C)[C@H]2CC3=C([C@H]1C2)[C@]1(C)[C@H]([Si](C)(C)C)[C@]3(C)[C@@H]2C(=O)N(c3ccccc3)C(=O)[C@H]21. The standard InChI is InChI=1S/C27H35NO2Si/c1-25(2)15-13-17(25)19-18(14-15)26(3)20-21(27(19,4)24(26)31(5,6)7)23(30)28(22(20)29)16-11-9-8-10-12-16/h8-12,15,17,20-21,24H,13-14H2,1-7H3/t15-,17-,20+,21+,24-,26+,27+/m1/s1. The minimum Gasteiger partial charge on any atom is -0.274 e. The molecule has 6 aliphatic rings. The van der Waals surface area contributed by atoms with Crippen molar-refractivity contribution in [1.82, 2.24) is 0 Å². The maximum Gasteiger partial charge on any atom is 0.238 e. The highest BCUT2D eigenvalue weighted by atomic mass is 28.3. The molecule has 1 heterocycles. The van der Waals surface area contributed by atoms with Crippen LogP contribution in [-0.2, 0) is 9.59 Å². The van der Waals surface area contributed by atoms with Crippen LogP contribution in [0.2, 0.25) is 25.2 Å². The van der Waals surface area contributed by atoms with Crippen molar-refractivity contribution in [3.8, 4) is 0 Å². The van der Waals surface area contributed by atoms with Crippen LogP contribution >= 0.6 is 0 Å². The predicted octanol–water partition coefficient (Wildman–Crippen LogP) is 5.90. The summed E-state index contributed by atoms with van der Waals surface area (Å²) in [5.74, 6) is 1.04. The molecule has 0 spiro atoms. The molecule has 1 aliphatic heterocycles. The maximum atomic E-state index is 14.1. The molecule has 3 fully saturated rings. The van der Waals surface area contributed by atoms with E-state index in [1.807, 2.05) is 30.3 Å². The second-order valence-electron chi connectivity index (χ2n) is 13.1. The Hall–Kier alpha value is -1.68. The predicted molar refractivity (Wildman–Crippen MR) is 126 cm³/mol. The van der Waals surface area contributed by atoms with Gasteiger partial charge in [0.25, 0.3) is 0 Å². The Kier molecular flexibility index (Phi) is 3.50. The van der Waals surface area contributed by atoms with Crippen LogP contribution in [0.15, 0.2) is 41.5 Å². The molecule has 1 aromatic rings. The van der Waals surface area contributed by atoms with E-state index in [4.69, 9.17) is 0 Å². The van der Waals surface area contributed by atoms with Crippen molar-refractivity contribution >= 4 is 25.6 Å². The number of hydrogen-bond acceptors (Lipinski definition) is 2. The summed E-state index contributed by atoms with van der Waals surface area (Å²) in [6, 6.07) is 9.61. The average Bonchev–Trinajstić information content (AvgIpc) is 3.19. The van der Waals surface area contributed by atoms with Crippen molar-refractivity contribution in [3.05, 3.63) is 41.5 Å². The monoisotopic (exact) mass is 433 g/mol. The first kappa shape index (κ1) is 20.0. The number of carbonyl (C=O) groups is 2. The van der Waals surface area contributed by atoms with Gasteiger partial charge in [-0.25, -0.2) is 0 Å². The molecule has 0 N–H and O–H groups in total. The lowest BCUT2D eigenvalue weighted by Crippen LogP contribution is -2.54. The Morgan fingerprint density at radius 1 is 0.903 bits per heavy atom. The lowest BCUT2D eigenvalue weighted by molar-refractivity contribution is -0.124. The molecule has 0 radical (unpaired) electrons. The normalized spacial score (nSPS) is 44.5. The van der Waals surface area contributed by atoms with Crippen molar-refractivity contribution in [2.24, 2.45) is 39.9 Å². The van der Waals surface area contributed by atoms with E-state index in [1.165, 1.54) is 6.42 Å². The van der Waals surface area contributed by atoms with E-state index in [1.54, 1.807) is 16.0 Å². The van der Waals surface area contributed by atoms with Gasteiger partial charge in [-0.1, -0.05) is 76.7 Å². The van der Waals surface area contributed by atoms with Crippen LogP contribution in [0.4, 0.5) is 5.69 Å². The number of fused-ring (bicyclic) bond motifs is 5. The van der Waals surface area contributed by atoms with Crippen LogP contribution in [0.1, 0.15) is 40.5 Å². The molecular formula is C27H35NO2Si. The molecule has 3 nitrogen and oxygen atoms in total. The van der Waals surface area contributed by atoms with E-state index in [0.29, 0.717) is 16.9 Å². The van der Waals surface area contributed by atoms with Crippen molar-refractivity contribution in [3.63, 3.8) is 0 Å². The third kappa shape index (κ3) is 1.95. The molecule has 4 heteroatoms. The van der Waals surface area contributed by atoms with Gasteiger partial charge in [-0.2, -0.15) is 0 Å². The number of carbonyl (C=O) groups excluding carboxylic acids is 2. The van der Waals surface area contributed by atoms with Crippen molar-refractivity contribution < 1.29 is 9.59 Å². The third-order valence-corrected chi connectivity index (χ3v) is 13.4. The molecule has 7 rings (SSSR count). The van der Waals surface area contributed by atoms with Crippen molar-refractivity contribution in [2.75, 3.05) is 4.90 Å². The molecule has 1 aromatic carbocycles. The summed E-state index contributed by atoms with van der Waals surface area (Å²) in [6.45, 7) is 17.1. The Morgan fingerprint density at radius 3 is 2.03 bits per heavy atom. The number of allylic oxidation sites excluding steroid dienone is 2. The molecular weight excluding hydrogens is 398 g/mol. The number of nitrogens with zero attached hydrogens (tertiary/aromatic N) is 1. The molecule has 5 aliphatic carbocycles. The summed E-state index contributed by atoms with van der Waals surface area (Å²) in [4.78, 5) is 29.6. The number of hydrogen-bond donors (Lipinski definition) is 0. The van der Waals surface area contributed by atoms with Gasteiger partial charge in [-0.15, -0.1) is 0 Å². The summed E-state index contributed by atoms with van der Waals surface area (Å²) >= 11 is 0. The van der Waals surface area contributed by atoms with E-state index in [9.17, 15) is 9.59 Å². The molecule has 0 aromatic heterocycles. The molecule has 7 atom stereocenters. The van der Waals surface area contributed by atoms with Crippen LogP contribution in [0.25, 0.3) is 0 Å². The fourth-order valence-corrected chi connectivity index (χ4v) is 14.1. The minimum atomic E-state index is -1.67. The largest absolute Gasteiger partial charge is 0.274 e. The summed E-state index contributed by atoms with van der Waals surface area (Å²) in [7, 11) is -1.67. The lowest BCUT2D eigenvalue weighted by atomic mass is 9.42. The van der Waals surface area contributed by atoms with Crippen LogP contribution in [0.3, 0.4) is 0 Å². The Labute approximate surface area is 187 Å². The summed E-state index contributed by atoms with van der Waals surface area (Å²) in [5, 5.41) is 0. The van der Waals surface area contributed by atoms with Gasteiger partial charge in [-0.05, 0) is 47.8 Å². The number of anilines is 1. The zero-order chi connectivity index (χ0) is 22.3. The zero-order valence-corrected chi connectivity index (χ0v) is 21.0. The minimum absolute atomic E-state index is 0.0562. The van der Waals surface area contributed by atoms with E-state index >= 15 is 0 Å². The number of amides is 2. The van der Waals surface area contributed by atoms with Gasteiger partial charge in [0, 0.05) is 18.9 Å². The average molecular weight is 434 g/mol.